The van der Waals surface area contributed by atoms with E-state index in [4.69, 9.17) is 11.6 Å². The standard InChI is InChI=1S/C23H24ClN3O3S/c24-17-9-7-16(8-10-17)11-12-25-20(28)15-27-18-5-1-2-6-19(18)31-21(23(27)30)22(29)26-13-3-4-14-26/h1-2,5-10,21H,3-4,11-15H2,(H,25,28). The SMILES string of the molecule is O=C(CN1C(=O)C(C(=O)N2CCCC2)Sc2ccccc21)NCCc1ccc(Cl)cc1. The van der Waals surface area contributed by atoms with Crippen LogP contribution in [0.5, 0.6) is 0 Å². The molecule has 2 heterocycles. The van der Waals surface area contributed by atoms with Gasteiger partial charge >= 0.3 is 0 Å². The Morgan fingerprint density at radius 1 is 1.06 bits per heavy atom. The fourth-order valence-electron chi connectivity index (χ4n) is 3.84. The van der Waals surface area contributed by atoms with Crippen molar-refractivity contribution in [3.05, 3.63) is 59.1 Å². The number of benzene rings is 2. The smallest absolute Gasteiger partial charge is 0.250 e. The van der Waals surface area contributed by atoms with Crippen molar-refractivity contribution < 1.29 is 14.4 Å². The molecule has 2 aromatic carbocycles. The normalized spacial score (nSPS) is 18.1. The maximum atomic E-state index is 13.2. The number of rotatable bonds is 6. The van der Waals surface area contributed by atoms with Gasteiger partial charge in [0.25, 0.3) is 5.91 Å². The summed E-state index contributed by atoms with van der Waals surface area (Å²) in [7, 11) is 0. The fourth-order valence-corrected chi connectivity index (χ4v) is 5.15. The third-order valence-electron chi connectivity index (χ3n) is 5.48. The van der Waals surface area contributed by atoms with E-state index < -0.39 is 5.25 Å². The number of nitrogens with zero attached hydrogens (tertiary/aromatic N) is 2. The van der Waals surface area contributed by atoms with Gasteiger partial charge in [-0.15, -0.1) is 11.8 Å². The molecular formula is C23H24ClN3O3S. The Morgan fingerprint density at radius 3 is 2.52 bits per heavy atom. The lowest BCUT2D eigenvalue weighted by molar-refractivity contribution is -0.134. The van der Waals surface area contributed by atoms with E-state index in [2.05, 4.69) is 5.32 Å². The van der Waals surface area contributed by atoms with Gasteiger partial charge < -0.3 is 15.1 Å². The molecule has 3 amide bonds. The quantitative estimate of drug-likeness (QED) is 0.676. The molecule has 0 bridgehead atoms. The first kappa shape index (κ1) is 21.7. The summed E-state index contributed by atoms with van der Waals surface area (Å²) < 4.78 is 0. The molecule has 0 aromatic heterocycles. The Hall–Kier alpha value is -2.51. The molecule has 2 aliphatic rings. The second-order valence-electron chi connectivity index (χ2n) is 7.65. The molecule has 1 saturated heterocycles. The Labute approximate surface area is 190 Å². The van der Waals surface area contributed by atoms with Gasteiger partial charge in [0.15, 0.2) is 5.25 Å². The highest BCUT2D eigenvalue weighted by molar-refractivity contribution is 8.01. The zero-order chi connectivity index (χ0) is 21.8. The Balaban J connectivity index is 1.42. The first-order valence-electron chi connectivity index (χ1n) is 10.4. The lowest BCUT2D eigenvalue weighted by Crippen LogP contribution is -2.51. The van der Waals surface area contributed by atoms with E-state index in [-0.39, 0.29) is 24.3 Å². The van der Waals surface area contributed by atoms with Crippen molar-refractivity contribution in [1.29, 1.82) is 0 Å². The van der Waals surface area contributed by atoms with Crippen LogP contribution in [0.25, 0.3) is 0 Å². The second kappa shape index (κ2) is 9.75. The van der Waals surface area contributed by atoms with Gasteiger partial charge in [0.1, 0.15) is 6.54 Å². The van der Waals surface area contributed by atoms with E-state index in [9.17, 15) is 14.4 Å². The molecule has 1 atom stereocenters. The van der Waals surface area contributed by atoms with Gasteiger partial charge in [-0.05, 0) is 49.1 Å². The molecule has 1 fully saturated rings. The number of hydrogen-bond donors (Lipinski definition) is 1. The molecule has 1 unspecified atom stereocenters. The molecule has 2 aromatic rings. The van der Waals surface area contributed by atoms with Crippen LogP contribution in [0.4, 0.5) is 5.69 Å². The van der Waals surface area contributed by atoms with Gasteiger partial charge in [-0.3, -0.25) is 14.4 Å². The minimum atomic E-state index is -0.838. The average Bonchev–Trinajstić information content (AvgIpc) is 3.31. The third-order valence-corrected chi connectivity index (χ3v) is 6.97. The molecule has 0 saturated carbocycles. The zero-order valence-electron chi connectivity index (χ0n) is 17.1. The molecule has 1 N–H and O–H groups in total. The first-order chi connectivity index (χ1) is 15.0. The number of amides is 3. The summed E-state index contributed by atoms with van der Waals surface area (Å²) in [5.41, 5.74) is 1.74. The lowest BCUT2D eigenvalue weighted by Gasteiger charge is -2.34. The summed E-state index contributed by atoms with van der Waals surface area (Å²) in [6.45, 7) is 1.72. The number of fused-ring (bicyclic) bond motifs is 1. The number of halogens is 1. The molecule has 0 radical (unpaired) electrons. The Bertz CT molecular complexity index is 976. The maximum absolute atomic E-state index is 13.2. The minimum Gasteiger partial charge on any atom is -0.354 e. The number of thioether (sulfide) groups is 1. The summed E-state index contributed by atoms with van der Waals surface area (Å²) in [5.74, 6) is -0.736. The van der Waals surface area contributed by atoms with Gasteiger partial charge in [0, 0.05) is 29.6 Å². The number of anilines is 1. The molecule has 8 heteroatoms. The summed E-state index contributed by atoms with van der Waals surface area (Å²) >= 11 is 7.18. The van der Waals surface area contributed by atoms with Crippen LogP contribution in [0.15, 0.2) is 53.4 Å². The van der Waals surface area contributed by atoms with Crippen LogP contribution in [0.2, 0.25) is 5.02 Å². The van der Waals surface area contributed by atoms with E-state index in [1.165, 1.54) is 16.7 Å². The highest BCUT2D eigenvalue weighted by atomic mass is 35.5. The summed E-state index contributed by atoms with van der Waals surface area (Å²) in [5, 5.41) is 2.71. The number of para-hydroxylation sites is 1. The molecule has 31 heavy (non-hydrogen) atoms. The predicted octanol–water partition coefficient (Wildman–Crippen LogP) is 3.13. The van der Waals surface area contributed by atoms with Crippen LogP contribution >= 0.6 is 23.4 Å². The summed E-state index contributed by atoms with van der Waals surface area (Å²) in [6.07, 6.45) is 2.60. The largest absolute Gasteiger partial charge is 0.354 e. The predicted molar refractivity (Wildman–Crippen MR) is 122 cm³/mol. The van der Waals surface area contributed by atoms with Gasteiger partial charge in [-0.1, -0.05) is 35.9 Å². The number of hydrogen-bond acceptors (Lipinski definition) is 4. The van der Waals surface area contributed by atoms with Crippen LogP contribution in [0.3, 0.4) is 0 Å². The number of nitrogens with one attached hydrogen (secondary N) is 1. The van der Waals surface area contributed by atoms with Crippen molar-refractivity contribution in [2.75, 3.05) is 31.1 Å². The van der Waals surface area contributed by atoms with Crippen LogP contribution in [-0.2, 0) is 20.8 Å². The number of carbonyl (C=O) groups excluding carboxylic acids is 3. The van der Waals surface area contributed by atoms with Gasteiger partial charge in [-0.25, -0.2) is 0 Å². The van der Waals surface area contributed by atoms with Crippen molar-refractivity contribution in [1.82, 2.24) is 10.2 Å². The Morgan fingerprint density at radius 2 is 1.77 bits per heavy atom. The highest BCUT2D eigenvalue weighted by Gasteiger charge is 2.41. The van der Waals surface area contributed by atoms with E-state index in [1.807, 2.05) is 48.5 Å². The summed E-state index contributed by atoms with van der Waals surface area (Å²) in [6, 6.07) is 14.9. The van der Waals surface area contributed by atoms with Crippen molar-refractivity contribution in [2.24, 2.45) is 0 Å². The average molecular weight is 458 g/mol. The summed E-state index contributed by atoms with van der Waals surface area (Å²) in [4.78, 5) is 42.8. The van der Waals surface area contributed by atoms with Crippen molar-refractivity contribution in [3.63, 3.8) is 0 Å². The third kappa shape index (κ3) is 5.05. The Kier molecular flexibility index (Phi) is 6.83. The van der Waals surface area contributed by atoms with Crippen molar-refractivity contribution >= 4 is 46.8 Å². The van der Waals surface area contributed by atoms with Crippen LogP contribution in [0, 0.1) is 0 Å². The molecule has 6 nitrogen and oxygen atoms in total. The molecule has 162 valence electrons. The molecule has 0 aliphatic carbocycles. The topological polar surface area (TPSA) is 69.7 Å². The number of carbonyl (C=O) groups is 3. The molecular weight excluding hydrogens is 434 g/mol. The zero-order valence-corrected chi connectivity index (χ0v) is 18.6. The van der Waals surface area contributed by atoms with Crippen LogP contribution in [-0.4, -0.2) is 54.1 Å². The van der Waals surface area contributed by atoms with Gasteiger partial charge in [0.05, 0.1) is 5.69 Å². The number of likely N-dealkylation sites (tertiary alicyclic amines) is 1. The van der Waals surface area contributed by atoms with Crippen LogP contribution < -0.4 is 10.2 Å². The highest BCUT2D eigenvalue weighted by Crippen LogP contribution is 2.39. The minimum absolute atomic E-state index is 0.110. The first-order valence-corrected chi connectivity index (χ1v) is 11.7. The van der Waals surface area contributed by atoms with E-state index in [0.717, 1.165) is 23.3 Å². The monoisotopic (exact) mass is 457 g/mol. The van der Waals surface area contributed by atoms with Gasteiger partial charge in [0.2, 0.25) is 11.8 Å². The van der Waals surface area contributed by atoms with E-state index in [1.54, 1.807) is 4.90 Å². The lowest BCUT2D eigenvalue weighted by atomic mass is 10.1. The van der Waals surface area contributed by atoms with Crippen molar-refractivity contribution in [2.45, 2.75) is 29.4 Å². The fraction of sp³-hybridized carbons (Fsp3) is 0.348. The molecule has 0 spiro atoms. The second-order valence-corrected chi connectivity index (χ2v) is 9.23. The van der Waals surface area contributed by atoms with Crippen LogP contribution in [0.1, 0.15) is 18.4 Å². The van der Waals surface area contributed by atoms with E-state index in [0.29, 0.717) is 36.8 Å². The molecule has 2 aliphatic heterocycles. The maximum Gasteiger partial charge on any atom is 0.250 e. The van der Waals surface area contributed by atoms with E-state index >= 15 is 0 Å². The van der Waals surface area contributed by atoms with Crippen molar-refractivity contribution in [3.8, 4) is 0 Å². The van der Waals surface area contributed by atoms with Gasteiger partial charge in [-0.2, -0.15) is 0 Å². The molecule has 4 rings (SSSR count).